The minimum atomic E-state index is -0.559. The van der Waals surface area contributed by atoms with Crippen LogP contribution in [0.2, 0.25) is 0 Å². The molecule has 0 amide bonds. The van der Waals surface area contributed by atoms with Gasteiger partial charge in [-0.25, -0.2) is 4.79 Å². The smallest absolute Gasteiger partial charge is 0.338 e. The molecule has 1 aliphatic heterocycles. The van der Waals surface area contributed by atoms with Crippen LogP contribution in [0.3, 0.4) is 0 Å². The molecule has 2 fully saturated rings. The van der Waals surface area contributed by atoms with Gasteiger partial charge in [-0.3, -0.25) is 10.1 Å². The van der Waals surface area contributed by atoms with Crippen molar-refractivity contribution in [3.63, 3.8) is 0 Å². The van der Waals surface area contributed by atoms with E-state index >= 15 is 0 Å². The number of nitrogens with zero attached hydrogens (tertiary/aromatic N) is 1. The van der Waals surface area contributed by atoms with Crippen LogP contribution in [0.25, 0.3) is 0 Å². The lowest BCUT2D eigenvalue weighted by Gasteiger charge is -2.11. The first-order valence-electron chi connectivity index (χ1n) is 7.47. The maximum Gasteiger partial charge on any atom is 0.338 e. The minimum Gasteiger partial charge on any atom is -0.459 e. The van der Waals surface area contributed by atoms with Gasteiger partial charge in [0.25, 0.3) is 5.69 Å². The molecule has 0 unspecified atom stereocenters. The molecule has 1 aromatic carbocycles. The van der Waals surface area contributed by atoms with E-state index in [9.17, 15) is 14.9 Å². The summed E-state index contributed by atoms with van der Waals surface area (Å²) in [5, 5.41) is 14.3. The predicted octanol–water partition coefficient (Wildman–Crippen LogP) is 2.50. The zero-order chi connectivity index (χ0) is 15.5. The van der Waals surface area contributed by atoms with Gasteiger partial charge in [0, 0.05) is 18.7 Å². The van der Waals surface area contributed by atoms with E-state index in [0.29, 0.717) is 18.3 Å². The number of nitrogens with one attached hydrogen (secondary N) is 1. The summed E-state index contributed by atoms with van der Waals surface area (Å²) in [6.45, 7) is 0.879. The van der Waals surface area contributed by atoms with Gasteiger partial charge in [0.1, 0.15) is 12.3 Å². The lowest BCUT2D eigenvalue weighted by Crippen LogP contribution is -2.18. The molecule has 1 saturated heterocycles. The summed E-state index contributed by atoms with van der Waals surface area (Å²) in [7, 11) is 0. The van der Waals surface area contributed by atoms with Crippen LogP contribution in [0, 0.1) is 10.1 Å². The monoisotopic (exact) mass is 306 g/mol. The van der Waals surface area contributed by atoms with Crippen molar-refractivity contribution in [3.8, 4) is 0 Å². The van der Waals surface area contributed by atoms with Gasteiger partial charge < -0.3 is 14.8 Å². The van der Waals surface area contributed by atoms with Crippen molar-refractivity contribution in [2.45, 2.75) is 37.8 Å². The van der Waals surface area contributed by atoms with E-state index < -0.39 is 10.9 Å². The number of ether oxygens (including phenoxy) is 2. The zero-order valence-electron chi connectivity index (χ0n) is 12.1. The van der Waals surface area contributed by atoms with Gasteiger partial charge in [0.05, 0.1) is 16.6 Å². The Bertz CT molecular complexity index is 579. The summed E-state index contributed by atoms with van der Waals surface area (Å²) in [5.41, 5.74) is 0.535. The number of anilines is 1. The Kier molecular flexibility index (Phi) is 4.24. The highest BCUT2D eigenvalue weighted by Gasteiger charge is 2.26. The molecular formula is C15H18N2O5. The van der Waals surface area contributed by atoms with Crippen molar-refractivity contribution in [1.29, 1.82) is 0 Å². The van der Waals surface area contributed by atoms with Crippen molar-refractivity contribution in [3.05, 3.63) is 33.9 Å². The molecule has 7 nitrogen and oxygen atoms in total. The molecule has 0 spiro atoms. The summed E-state index contributed by atoms with van der Waals surface area (Å²) in [5.74, 6) is -0.559. The largest absolute Gasteiger partial charge is 0.459 e. The molecule has 1 aromatic rings. The molecule has 0 aromatic heterocycles. The Balaban J connectivity index is 1.67. The average Bonchev–Trinajstić information content (AvgIpc) is 3.16. The van der Waals surface area contributed by atoms with Crippen molar-refractivity contribution in [2.75, 3.05) is 18.5 Å². The molecule has 118 valence electrons. The van der Waals surface area contributed by atoms with Crippen molar-refractivity contribution in [1.82, 2.24) is 0 Å². The Morgan fingerprint density at radius 2 is 2.23 bits per heavy atom. The lowest BCUT2D eigenvalue weighted by atomic mass is 10.1. The van der Waals surface area contributed by atoms with Crippen LogP contribution in [0.1, 0.15) is 36.0 Å². The van der Waals surface area contributed by atoms with E-state index in [1.54, 1.807) is 12.1 Å². The molecule has 22 heavy (non-hydrogen) atoms. The third kappa shape index (κ3) is 3.54. The summed E-state index contributed by atoms with van der Waals surface area (Å²) in [6, 6.07) is 4.69. The number of hydrogen-bond acceptors (Lipinski definition) is 6. The van der Waals surface area contributed by atoms with Gasteiger partial charge in [0.15, 0.2) is 0 Å². The molecule has 0 radical (unpaired) electrons. The van der Waals surface area contributed by atoms with Crippen LogP contribution in [0.4, 0.5) is 11.4 Å². The Morgan fingerprint density at radius 3 is 2.86 bits per heavy atom. The first kappa shape index (κ1) is 14.8. The first-order chi connectivity index (χ1) is 10.6. The van der Waals surface area contributed by atoms with Gasteiger partial charge >= 0.3 is 5.97 Å². The fourth-order valence-corrected chi connectivity index (χ4v) is 2.41. The van der Waals surface area contributed by atoms with Crippen molar-refractivity contribution in [2.24, 2.45) is 0 Å². The second-order valence-electron chi connectivity index (χ2n) is 5.64. The summed E-state index contributed by atoms with van der Waals surface area (Å²) in [6.07, 6.45) is 3.81. The first-order valence-corrected chi connectivity index (χ1v) is 7.47. The average molecular weight is 306 g/mol. The molecule has 1 N–H and O–H groups in total. The van der Waals surface area contributed by atoms with Gasteiger partial charge in [-0.05, 0) is 37.8 Å². The second kappa shape index (κ2) is 6.31. The van der Waals surface area contributed by atoms with Crippen LogP contribution >= 0.6 is 0 Å². The normalized spacial score (nSPS) is 20.6. The van der Waals surface area contributed by atoms with E-state index in [1.165, 1.54) is 6.07 Å². The molecule has 1 atom stereocenters. The van der Waals surface area contributed by atoms with Gasteiger partial charge in [-0.15, -0.1) is 0 Å². The highest BCUT2D eigenvalue weighted by atomic mass is 16.6. The zero-order valence-corrected chi connectivity index (χ0v) is 12.1. The maximum atomic E-state index is 12.0. The number of esters is 1. The Morgan fingerprint density at radius 1 is 1.41 bits per heavy atom. The standard InChI is InChI=1S/C15H18N2O5/c18-15(22-9-12-2-1-7-21-12)10-3-6-13(16-11-4-5-11)14(8-10)17(19)20/h3,6,8,11-12,16H,1-2,4-5,7,9H2/t12-/m1/s1. The molecule has 1 heterocycles. The minimum absolute atomic E-state index is 0.0604. The molecule has 2 aliphatic rings. The third-order valence-electron chi connectivity index (χ3n) is 3.79. The fraction of sp³-hybridized carbons (Fsp3) is 0.533. The number of carbonyl (C=O) groups excluding carboxylic acids is 1. The van der Waals surface area contributed by atoms with Crippen molar-refractivity contribution >= 4 is 17.3 Å². The lowest BCUT2D eigenvalue weighted by molar-refractivity contribution is -0.384. The van der Waals surface area contributed by atoms with Gasteiger partial charge in [-0.1, -0.05) is 0 Å². The highest BCUT2D eigenvalue weighted by molar-refractivity contribution is 5.91. The molecular weight excluding hydrogens is 288 g/mol. The number of carbonyl (C=O) groups is 1. The van der Waals surface area contributed by atoms with Crippen molar-refractivity contribution < 1.29 is 19.2 Å². The molecule has 3 rings (SSSR count). The summed E-state index contributed by atoms with van der Waals surface area (Å²) in [4.78, 5) is 22.7. The topological polar surface area (TPSA) is 90.7 Å². The van der Waals surface area contributed by atoms with Crippen LogP contribution in [0.15, 0.2) is 18.2 Å². The van der Waals surface area contributed by atoms with Crippen LogP contribution in [-0.2, 0) is 9.47 Å². The van der Waals surface area contributed by atoms with E-state index in [4.69, 9.17) is 9.47 Å². The van der Waals surface area contributed by atoms with E-state index in [0.717, 1.165) is 25.7 Å². The molecule has 1 saturated carbocycles. The summed E-state index contributed by atoms with van der Waals surface area (Å²) >= 11 is 0. The molecule has 0 bridgehead atoms. The van der Waals surface area contributed by atoms with Crippen LogP contribution in [0.5, 0.6) is 0 Å². The van der Waals surface area contributed by atoms with Crippen LogP contribution < -0.4 is 5.32 Å². The molecule has 1 aliphatic carbocycles. The third-order valence-corrected chi connectivity index (χ3v) is 3.79. The van der Waals surface area contributed by atoms with Gasteiger partial charge in [-0.2, -0.15) is 0 Å². The summed E-state index contributed by atoms with van der Waals surface area (Å²) < 4.78 is 10.5. The predicted molar refractivity (Wildman–Crippen MR) is 79.0 cm³/mol. The highest BCUT2D eigenvalue weighted by Crippen LogP contribution is 2.31. The number of nitro groups is 1. The fourth-order valence-electron chi connectivity index (χ4n) is 2.41. The number of nitro benzene ring substituents is 1. The Hall–Kier alpha value is -2.15. The van der Waals surface area contributed by atoms with Gasteiger partial charge in [0.2, 0.25) is 0 Å². The number of hydrogen-bond donors (Lipinski definition) is 1. The van der Waals surface area contributed by atoms with Crippen LogP contribution in [-0.4, -0.2) is 36.3 Å². The number of rotatable bonds is 6. The maximum absolute atomic E-state index is 12.0. The van der Waals surface area contributed by atoms with E-state index in [-0.39, 0.29) is 24.0 Å². The second-order valence-corrected chi connectivity index (χ2v) is 5.64. The van der Waals surface area contributed by atoms with E-state index in [2.05, 4.69) is 5.32 Å². The van der Waals surface area contributed by atoms with E-state index in [1.807, 2.05) is 0 Å². The Labute approximate surface area is 127 Å². The quantitative estimate of drug-likeness (QED) is 0.493. The SMILES string of the molecule is O=C(OC[C@H]1CCCO1)c1ccc(NC2CC2)c([N+](=O)[O-])c1. The molecule has 7 heteroatoms. The number of benzene rings is 1.